The number of aromatic nitrogens is 3. The smallest absolute Gasteiger partial charge is 0.319 e. The van der Waals surface area contributed by atoms with Crippen LogP contribution in [0.3, 0.4) is 0 Å². The van der Waals surface area contributed by atoms with Gasteiger partial charge in [-0.15, -0.1) is 0 Å². The molecule has 1 amide bonds. The molecule has 162 valence electrons. The number of carbonyl (C=O) groups excluding carboxylic acids is 1. The maximum Gasteiger partial charge on any atom is 0.417 e. The van der Waals surface area contributed by atoms with Crippen LogP contribution in [0.15, 0.2) is 65.6 Å². The Morgan fingerprint density at radius 1 is 1.06 bits per heavy atom. The number of benzene rings is 2. The monoisotopic (exact) mass is 442 g/mol. The number of hydrogen-bond acceptors (Lipinski definition) is 4. The lowest BCUT2D eigenvalue weighted by molar-refractivity contribution is -0.137. The van der Waals surface area contributed by atoms with Crippen molar-refractivity contribution in [2.24, 2.45) is 0 Å². The Bertz CT molecular complexity index is 1410. The van der Waals surface area contributed by atoms with Gasteiger partial charge in [-0.25, -0.2) is 14.4 Å². The van der Waals surface area contributed by atoms with Crippen molar-refractivity contribution in [1.29, 1.82) is 0 Å². The average Bonchev–Trinajstić information content (AvgIpc) is 2.75. The minimum Gasteiger partial charge on any atom is -0.319 e. The first-order valence-electron chi connectivity index (χ1n) is 9.28. The zero-order chi connectivity index (χ0) is 23.0. The lowest BCUT2D eigenvalue weighted by atomic mass is 10.1. The summed E-state index contributed by atoms with van der Waals surface area (Å²) in [6, 6.07) is 10.7. The van der Waals surface area contributed by atoms with E-state index in [1.807, 2.05) is 0 Å². The van der Waals surface area contributed by atoms with E-state index >= 15 is 0 Å². The molecule has 0 aliphatic heterocycles. The number of hydrogen-bond donors (Lipinski definition) is 1. The topological polar surface area (TPSA) is 76.9 Å². The summed E-state index contributed by atoms with van der Waals surface area (Å²) in [5, 5.41) is 2.39. The highest BCUT2D eigenvalue weighted by atomic mass is 19.4. The molecular formula is C22H14F4N4O2. The Kier molecular flexibility index (Phi) is 5.21. The molecule has 2 heterocycles. The van der Waals surface area contributed by atoms with Crippen molar-refractivity contribution in [2.45, 2.75) is 13.1 Å². The van der Waals surface area contributed by atoms with E-state index in [9.17, 15) is 27.2 Å². The molecule has 4 rings (SSSR count). The van der Waals surface area contributed by atoms with Crippen molar-refractivity contribution in [3.8, 4) is 5.69 Å². The van der Waals surface area contributed by atoms with Crippen molar-refractivity contribution in [2.75, 3.05) is 5.32 Å². The molecule has 0 unspecified atom stereocenters. The zero-order valence-corrected chi connectivity index (χ0v) is 16.4. The molecule has 1 N–H and O–H groups in total. The first-order valence-corrected chi connectivity index (χ1v) is 9.28. The summed E-state index contributed by atoms with van der Waals surface area (Å²) >= 11 is 0. The highest BCUT2D eigenvalue weighted by Crippen LogP contribution is 2.32. The predicted octanol–water partition coefficient (Wildman–Crippen LogP) is 4.50. The lowest BCUT2D eigenvalue weighted by Crippen LogP contribution is -2.23. The number of alkyl halides is 3. The predicted molar refractivity (Wildman–Crippen MR) is 109 cm³/mol. The number of carbonyl (C=O) groups is 1. The molecule has 0 saturated carbocycles. The van der Waals surface area contributed by atoms with Gasteiger partial charge in [-0.1, -0.05) is 12.1 Å². The zero-order valence-electron chi connectivity index (χ0n) is 16.4. The van der Waals surface area contributed by atoms with Crippen LogP contribution in [0.4, 0.5) is 23.2 Å². The van der Waals surface area contributed by atoms with Crippen LogP contribution in [0.2, 0.25) is 0 Å². The van der Waals surface area contributed by atoms with E-state index in [1.165, 1.54) is 29.0 Å². The van der Waals surface area contributed by atoms with Gasteiger partial charge < -0.3 is 5.32 Å². The first-order chi connectivity index (χ1) is 15.2. The minimum absolute atomic E-state index is 0.173. The highest BCUT2D eigenvalue weighted by Gasteiger charge is 2.35. The first kappa shape index (κ1) is 21.2. The van der Waals surface area contributed by atoms with E-state index in [2.05, 4.69) is 15.3 Å². The minimum atomic E-state index is -4.76. The standard InChI is InChI=1S/C22H14F4N4O2/c1-12-28-19-15(6-4-10-27-19)21(32)30(12)13-8-9-17(23)18(11-13)29-20(31)14-5-2-3-7-16(14)22(24,25)26/h2-11H,1H3,(H,29,31). The molecule has 0 bridgehead atoms. The molecule has 4 aromatic rings. The number of rotatable bonds is 3. The second kappa shape index (κ2) is 7.88. The third-order valence-electron chi connectivity index (χ3n) is 4.74. The van der Waals surface area contributed by atoms with Gasteiger partial charge in [0.15, 0.2) is 5.65 Å². The normalized spacial score (nSPS) is 11.5. The second-order valence-electron chi connectivity index (χ2n) is 6.84. The van der Waals surface area contributed by atoms with Gasteiger partial charge in [0.25, 0.3) is 11.5 Å². The Morgan fingerprint density at radius 2 is 1.81 bits per heavy atom. The molecule has 0 saturated heterocycles. The van der Waals surface area contributed by atoms with E-state index in [4.69, 9.17) is 0 Å². The van der Waals surface area contributed by atoms with Gasteiger partial charge in [-0.2, -0.15) is 13.2 Å². The number of aryl methyl sites for hydroxylation is 1. The van der Waals surface area contributed by atoms with Crippen LogP contribution >= 0.6 is 0 Å². The van der Waals surface area contributed by atoms with Crippen molar-refractivity contribution < 1.29 is 22.4 Å². The van der Waals surface area contributed by atoms with Crippen LogP contribution in [0.5, 0.6) is 0 Å². The summed E-state index contributed by atoms with van der Waals surface area (Å²) in [5.41, 5.74) is -2.24. The molecule has 2 aromatic carbocycles. The molecule has 6 nitrogen and oxygen atoms in total. The molecule has 10 heteroatoms. The fourth-order valence-corrected chi connectivity index (χ4v) is 3.29. The molecule has 0 radical (unpaired) electrons. The van der Waals surface area contributed by atoms with E-state index < -0.39 is 34.6 Å². The third-order valence-corrected chi connectivity index (χ3v) is 4.74. The lowest BCUT2D eigenvalue weighted by Gasteiger charge is -2.15. The number of anilines is 1. The van der Waals surface area contributed by atoms with E-state index in [1.54, 1.807) is 13.0 Å². The van der Waals surface area contributed by atoms with Crippen LogP contribution < -0.4 is 10.9 Å². The van der Waals surface area contributed by atoms with Gasteiger partial charge in [-0.3, -0.25) is 14.2 Å². The Hall–Kier alpha value is -4.08. The average molecular weight is 442 g/mol. The summed E-state index contributed by atoms with van der Waals surface area (Å²) in [7, 11) is 0. The number of pyridine rings is 1. The SMILES string of the molecule is Cc1nc2ncccc2c(=O)n1-c1ccc(F)c(NC(=O)c2ccccc2C(F)(F)F)c1. The Balaban J connectivity index is 1.77. The van der Waals surface area contributed by atoms with Gasteiger partial charge >= 0.3 is 6.18 Å². The third kappa shape index (κ3) is 3.82. The second-order valence-corrected chi connectivity index (χ2v) is 6.84. The van der Waals surface area contributed by atoms with Gasteiger partial charge in [0.1, 0.15) is 11.6 Å². The number of nitrogens with zero attached hydrogens (tertiary/aromatic N) is 3. The molecule has 0 fully saturated rings. The largest absolute Gasteiger partial charge is 0.417 e. The molecule has 0 aliphatic carbocycles. The number of halogens is 4. The fourth-order valence-electron chi connectivity index (χ4n) is 3.29. The van der Waals surface area contributed by atoms with E-state index in [-0.39, 0.29) is 28.2 Å². The van der Waals surface area contributed by atoms with Crippen molar-refractivity contribution in [3.05, 3.63) is 93.9 Å². The van der Waals surface area contributed by atoms with Crippen LogP contribution in [0.25, 0.3) is 16.7 Å². The maximum atomic E-state index is 14.4. The van der Waals surface area contributed by atoms with Gasteiger partial charge in [0.05, 0.1) is 27.9 Å². The highest BCUT2D eigenvalue weighted by molar-refractivity contribution is 6.05. The number of amides is 1. The molecule has 2 aromatic heterocycles. The van der Waals surface area contributed by atoms with Gasteiger partial charge in [0, 0.05) is 6.20 Å². The maximum absolute atomic E-state index is 14.4. The molecule has 0 atom stereocenters. The van der Waals surface area contributed by atoms with Crippen molar-refractivity contribution in [3.63, 3.8) is 0 Å². The fraction of sp³-hybridized carbons (Fsp3) is 0.0909. The molecule has 0 spiro atoms. The number of fused-ring (bicyclic) bond motifs is 1. The van der Waals surface area contributed by atoms with Crippen LogP contribution in [0, 0.1) is 12.7 Å². The van der Waals surface area contributed by atoms with Crippen molar-refractivity contribution >= 4 is 22.6 Å². The molecular weight excluding hydrogens is 428 g/mol. The summed E-state index contributed by atoms with van der Waals surface area (Å²) in [5.74, 6) is -1.76. The van der Waals surface area contributed by atoms with Crippen molar-refractivity contribution in [1.82, 2.24) is 14.5 Å². The Labute approximate surface area is 178 Å². The van der Waals surface area contributed by atoms with E-state index in [0.717, 1.165) is 30.3 Å². The van der Waals surface area contributed by atoms with Gasteiger partial charge in [-0.05, 0) is 49.4 Å². The summed E-state index contributed by atoms with van der Waals surface area (Å²) in [6.07, 6.45) is -3.27. The number of nitrogens with one attached hydrogen (secondary N) is 1. The van der Waals surface area contributed by atoms with E-state index in [0.29, 0.717) is 0 Å². The van der Waals surface area contributed by atoms with Crippen LogP contribution in [-0.4, -0.2) is 20.4 Å². The summed E-state index contributed by atoms with van der Waals surface area (Å²) in [4.78, 5) is 33.7. The van der Waals surface area contributed by atoms with Crippen LogP contribution in [0.1, 0.15) is 21.7 Å². The Morgan fingerprint density at radius 3 is 2.56 bits per heavy atom. The van der Waals surface area contributed by atoms with Crippen LogP contribution in [-0.2, 0) is 6.18 Å². The molecule has 0 aliphatic rings. The summed E-state index contributed by atoms with van der Waals surface area (Å²) < 4.78 is 55.3. The molecule has 32 heavy (non-hydrogen) atoms. The quantitative estimate of drug-likeness (QED) is 0.474. The summed E-state index contributed by atoms with van der Waals surface area (Å²) in [6.45, 7) is 1.55. The van der Waals surface area contributed by atoms with Gasteiger partial charge in [0.2, 0.25) is 0 Å².